The summed E-state index contributed by atoms with van der Waals surface area (Å²) < 4.78 is 2.76. The highest BCUT2D eigenvalue weighted by Crippen LogP contribution is 2.41. The zero-order chi connectivity index (χ0) is 23.1. The Bertz CT molecular complexity index is 1500. The normalized spacial score (nSPS) is 11.2. The summed E-state index contributed by atoms with van der Waals surface area (Å²) in [6.45, 7) is 1.94. The number of carboxylic acid groups (broad SMARTS) is 1. The number of hydrogen-bond acceptors (Lipinski definition) is 4. The lowest BCUT2D eigenvalue weighted by molar-refractivity contribution is -0.136. The van der Waals surface area contributed by atoms with Crippen molar-refractivity contribution in [2.75, 3.05) is 0 Å². The Kier molecular flexibility index (Phi) is 5.48. The van der Waals surface area contributed by atoms with Gasteiger partial charge in [0.25, 0.3) is 0 Å². The van der Waals surface area contributed by atoms with Crippen LogP contribution in [0.2, 0.25) is 5.02 Å². The van der Waals surface area contributed by atoms with Crippen LogP contribution in [0, 0.1) is 6.92 Å². The van der Waals surface area contributed by atoms with Crippen LogP contribution in [-0.2, 0) is 18.3 Å². The number of carbonyl (C=O) groups is 1. The number of benzene rings is 3. The molecule has 2 aromatic heterocycles. The second-order valence-corrected chi connectivity index (χ2v) is 9.41. The molecule has 0 aliphatic rings. The van der Waals surface area contributed by atoms with E-state index in [1.54, 1.807) is 16.0 Å². The highest BCUT2D eigenvalue weighted by atomic mass is 35.5. The molecule has 0 saturated heterocycles. The van der Waals surface area contributed by atoms with E-state index in [0.29, 0.717) is 5.02 Å². The summed E-state index contributed by atoms with van der Waals surface area (Å²) in [5.74, 6) is -0.860. The van der Waals surface area contributed by atoms with Gasteiger partial charge < -0.3 is 5.11 Å². The minimum Gasteiger partial charge on any atom is -0.481 e. The number of thiazole rings is 1. The minimum atomic E-state index is -0.860. The second-order valence-electron chi connectivity index (χ2n) is 7.98. The first-order valence-corrected chi connectivity index (χ1v) is 11.6. The number of hydrogen-bond donors (Lipinski definition) is 1. The summed E-state index contributed by atoms with van der Waals surface area (Å²) in [4.78, 5) is 16.6. The largest absolute Gasteiger partial charge is 0.481 e. The Hall–Kier alpha value is -3.48. The molecule has 0 bridgehead atoms. The van der Waals surface area contributed by atoms with E-state index in [4.69, 9.17) is 16.6 Å². The van der Waals surface area contributed by atoms with Gasteiger partial charge in [-0.1, -0.05) is 41.9 Å². The molecular formula is C26H20ClN3O2S. The van der Waals surface area contributed by atoms with E-state index in [2.05, 4.69) is 17.2 Å². The fraction of sp³-hybridized carbons (Fsp3) is 0.115. The topological polar surface area (TPSA) is 68.0 Å². The van der Waals surface area contributed by atoms with Gasteiger partial charge in [0, 0.05) is 35.0 Å². The molecule has 0 spiro atoms. The van der Waals surface area contributed by atoms with Crippen molar-refractivity contribution in [2.24, 2.45) is 7.05 Å². The zero-order valence-corrected chi connectivity index (χ0v) is 19.6. The Labute approximate surface area is 199 Å². The van der Waals surface area contributed by atoms with Gasteiger partial charge in [-0.25, -0.2) is 4.98 Å². The third-order valence-electron chi connectivity index (χ3n) is 5.62. The average Bonchev–Trinajstić information content (AvgIpc) is 3.41. The number of aromatic nitrogens is 3. The Morgan fingerprint density at radius 3 is 2.52 bits per heavy atom. The molecule has 2 heterocycles. The number of halogens is 1. The van der Waals surface area contributed by atoms with Gasteiger partial charge in [0.2, 0.25) is 0 Å². The van der Waals surface area contributed by atoms with Crippen LogP contribution in [0.1, 0.15) is 11.1 Å². The van der Waals surface area contributed by atoms with Crippen LogP contribution in [0.3, 0.4) is 0 Å². The van der Waals surface area contributed by atoms with Gasteiger partial charge in [-0.15, -0.1) is 11.3 Å². The zero-order valence-electron chi connectivity index (χ0n) is 18.0. The molecule has 5 nitrogen and oxygen atoms in total. The lowest BCUT2D eigenvalue weighted by Gasteiger charge is -2.13. The molecule has 5 aromatic rings. The summed E-state index contributed by atoms with van der Waals surface area (Å²) >= 11 is 7.69. The molecule has 0 aliphatic carbocycles. The number of carboxylic acids is 1. The quantitative estimate of drug-likeness (QED) is 0.311. The predicted molar refractivity (Wildman–Crippen MR) is 134 cm³/mol. The van der Waals surface area contributed by atoms with Crippen LogP contribution in [0.15, 0.2) is 67.0 Å². The number of rotatable bonds is 5. The van der Waals surface area contributed by atoms with Gasteiger partial charge in [-0.05, 0) is 53.4 Å². The molecule has 0 unspecified atom stereocenters. The van der Waals surface area contributed by atoms with Crippen molar-refractivity contribution in [3.05, 3.63) is 83.1 Å². The van der Waals surface area contributed by atoms with Crippen LogP contribution in [0.5, 0.6) is 0 Å². The van der Waals surface area contributed by atoms with Gasteiger partial charge in [-0.3, -0.25) is 9.48 Å². The van der Waals surface area contributed by atoms with Crippen LogP contribution in [-0.4, -0.2) is 25.8 Å². The fourth-order valence-electron chi connectivity index (χ4n) is 4.06. The van der Waals surface area contributed by atoms with Crippen molar-refractivity contribution in [2.45, 2.75) is 13.3 Å². The molecule has 0 radical (unpaired) electrons. The third-order valence-corrected chi connectivity index (χ3v) is 7.01. The van der Waals surface area contributed by atoms with Crippen LogP contribution in [0.4, 0.5) is 0 Å². The first kappa shape index (κ1) is 21.4. The van der Waals surface area contributed by atoms with Gasteiger partial charge in [0.05, 0.1) is 22.8 Å². The van der Waals surface area contributed by atoms with Crippen molar-refractivity contribution in [1.82, 2.24) is 14.8 Å². The van der Waals surface area contributed by atoms with Crippen molar-refractivity contribution in [3.63, 3.8) is 0 Å². The SMILES string of the molecule is Cc1cc2nc(-c3cccc(-c4cnn(C)c4)c3)sc2c(-c2ccc(Cl)cc2)c1CC(=O)O. The van der Waals surface area contributed by atoms with Crippen molar-refractivity contribution in [1.29, 1.82) is 0 Å². The van der Waals surface area contributed by atoms with Crippen LogP contribution < -0.4 is 0 Å². The van der Waals surface area contributed by atoms with E-state index in [1.807, 2.05) is 68.8 Å². The maximum absolute atomic E-state index is 11.7. The average molecular weight is 474 g/mol. The second kappa shape index (κ2) is 8.46. The summed E-state index contributed by atoms with van der Waals surface area (Å²) in [6.07, 6.45) is 3.78. The third kappa shape index (κ3) is 4.15. The molecule has 0 atom stereocenters. The number of fused-ring (bicyclic) bond motifs is 1. The van der Waals surface area contributed by atoms with Gasteiger partial charge in [0.1, 0.15) is 5.01 Å². The number of aryl methyl sites for hydroxylation is 2. The van der Waals surface area contributed by atoms with E-state index < -0.39 is 5.97 Å². The molecule has 1 N–H and O–H groups in total. The molecule has 0 aliphatic heterocycles. The standard InChI is InChI=1S/C26H20ClN3O2S/c1-15-10-22-25(24(21(15)12-23(31)32)16-6-8-20(27)9-7-16)33-26(29-22)18-5-3-4-17(11-18)19-13-28-30(2)14-19/h3-11,13-14H,12H2,1-2H3,(H,31,32). The highest BCUT2D eigenvalue weighted by Gasteiger charge is 2.19. The van der Waals surface area contributed by atoms with Crippen molar-refractivity contribution in [3.8, 4) is 32.8 Å². The monoisotopic (exact) mass is 473 g/mol. The lowest BCUT2D eigenvalue weighted by Crippen LogP contribution is -2.04. The van der Waals surface area contributed by atoms with E-state index in [0.717, 1.165) is 54.2 Å². The smallest absolute Gasteiger partial charge is 0.307 e. The maximum Gasteiger partial charge on any atom is 0.307 e. The summed E-state index contributed by atoms with van der Waals surface area (Å²) in [7, 11) is 1.90. The van der Waals surface area contributed by atoms with Crippen molar-refractivity contribution >= 4 is 39.1 Å². The van der Waals surface area contributed by atoms with E-state index in [1.165, 1.54) is 0 Å². The summed E-state index contributed by atoms with van der Waals surface area (Å²) in [5.41, 5.74) is 7.55. The number of nitrogens with zero attached hydrogens (tertiary/aromatic N) is 3. The lowest BCUT2D eigenvalue weighted by atomic mass is 9.93. The summed E-state index contributed by atoms with van der Waals surface area (Å²) in [6, 6.07) is 17.7. The van der Waals surface area contributed by atoms with Crippen molar-refractivity contribution < 1.29 is 9.90 Å². The Balaban J connectivity index is 1.70. The molecule has 5 rings (SSSR count). The van der Waals surface area contributed by atoms with Crippen LogP contribution >= 0.6 is 22.9 Å². The molecule has 0 amide bonds. The molecule has 33 heavy (non-hydrogen) atoms. The minimum absolute atomic E-state index is 0.0521. The van der Waals surface area contributed by atoms with E-state index in [9.17, 15) is 9.90 Å². The number of aliphatic carboxylic acids is 1. The first-order chi connectivity index (χ1) is 15.9. The molecule has 164 valence electrons. The van der Waals surface area contributed by atoms with Gasteiger partial charge in [-0.2, -0.15) is 5.10 Å². The summed E-state index contributed by atoms with van der Waals surface area (Å²) in [5, 5.41) is 15.4. The van der Waals surface area contributed by atoms with Gasteiger partial charge >= 0.3 is 5.97 Å². The Morgan fingerprint density at radius 1 is 1.06 bits per heavy atom. The maximum atomic E-state index is 11.7. The molecule has 7 heteroatoms. The first-order valence-electron chi connectivity index (χ1n) is 10.4. The van der Waals surface area contributed by atoms with E-state index in [-0.39, 0.29) is 6.42 Å². The van der Waals surface area contributed by atoms with E-state index >= 15 is 0 Å². The molecule has 3 aromatic carbocycles. The Morgan fingerprint density at radius 2 is 1.82 bits per heavy atom. The molecular weight excluding hydrogens is 454 g/mol. The van der Waals surface area contributed by atoms with Crippen LogP contribution in [0.25, 0.3) is 43.0 Å². The fourth-order valence-corrected chi connectivity index (χ4v) is 5.32. The molecule has 0 saturated carbocycles. The highest BCUT2D eigenvalue weighted by molar-refractivity contribution is 7.22. The predicted octanol–water partition coefficient (Wildman–Crippen LogP) is 6.62. The molecule has 0 fully saturated rings. The van der Waals surface area contributed by atoms with Gasteiger partial charge in [0.15, 0.2) is 0 Å².